The molecule has 1 amide bonds. The van der Waals surface area contributed by atoms with Crippen molar-refractivity contribution in [1.29, 1.82) is 0 Å². The summed E-state index contributed by atoms with van der Waals surface area (Å²) in [7, 11) is 1.90. The maximum absolute atomic E-state index is 12.6. The van der Waals surface area contributed by atoms with E-state index in [0.717, 1.165) is 24.5 Å². The molecule has 3 rings (SSSR count). The first-order chi connectivity index (χ1) is 9.78. The van der Waals surface area contributed by atoms with E-state index in [1.807, 2.05) is 11.6 Å². The number of rotatable bonds is 3. The fourth-order valence-corrected chi connectivity index (χ4v) is 5.14. The van der Waals surface area contributed by atoms with Crippen LogP contribution in [-0.2, 0) is 11.8 Å². The lowest BCUT2D eigenvalue weighted by Crippen LogP contribution is -2.38. The number of nitrogens with zero attached hydrogens (tertiary/aromatic N) is 4. The second-order valence-corrected chi connectivity index (χ2v) is 8.69. The molecule has 2 fully saturated rings. The Bertz CT molecular complexity index is 556. The standard InChI is InChI=1S/C15H24N4OS/c1-14(2)5-11-6-15(3,8-14)9-19(11)12(20)7-21-13-17-16-10-18(13)4/h10-11H,5-9H2,1-4H3/t11-,15-/m0/s1. The second kappa shape index (κ2) is 5.00. The summed E-state index contributed by atoms with van der Waals surface area (Å²) in [6.07, 6.45) is 5.18. The molecule has 0 N–H and O–H groups in total. The topological polar surface area (TPSA) is 51.0 Å². The number of carbonyl (C=O) groups excluding carboxylic acids is 1. The van der Waals surface area contributed by atoms with Crippen LogP contribution in [-0.4, -0.2) is 43.9 Å². The number of likely N-dealkylation sites (tertiary alicyclic amines) is 1. The van der Waals surface area contributed by atoms with Crippen LogP contribution in [0.4, 0.5) is 0 Å². The lowest BCUT2D eigenvalue weighted by atomic mass is 9.65. The summed E-state index contributed by atoms with van der Waals surface area (Å²) in [5.74, 6) is 0.703. The number of hydrogen-bond donors (Lipinski definition) is 0. The summed E-state index contributed by atoms with van der Waals surface area (Å²) in [5.41, 5.74) is 0.654. The van der Waals surface area contributed by atoms with Gasteiger partial charge in [0.25, 0.3) is 0 Å². The van der Waals surface area contributed by atoms with Crippen LogP contribution in [0.2, 0.25) is 0 Å². The van der Waals surface area contributed by atoms with Crippen LogP contribution in [0, 0.1) is 10.8 Å². The number of hydrogen-bond acceptors (Lipinski definition) is 4. The third-order valence-corrected chi connectivity index (χ3v) is 5.75. The number of carbonyl (C=O) groups is 1. The maximum Gasteiger partial charge on any atom is 0.233 e. The summed E-state index contributed by atoms with van der Waals surface area (Å²) in [6, 6.07) is 0.423. The van der Waals surface area contributed by atoms with Crippen LogP contribution in [0.5, 0.6) is 0 Å². The normalized spacial score (nSPS) is 30.7. The van der Waals surface area contributed by atoms with Gasteiger partial charge in [-0.15, -0.1) is 10.2 Å². The van der Waals surface area contributed by atoms with Crippen LogP contribution in [0.15, 0.2) is 11.5 Å². The lowest BCUT2D eigenvalue weighted by molar-refractivity contribution is -0.129. The van der Waals surface area contributed by atoms with Crippen molar-refractivity contribution in [3.8, 4) is 0 Å². The Morgan fingerprint density at radius 3 is 2.86 bits per heavy atom. The van der Waals surface area contributed by atoms with Gasteiger partial charge in [-0.25, -0.2) is 0 Å². The number of amides is 1. The van der Waals surface area contributed by atoms with Crippen molar-refractivity contribution in [2.75, 3.05) is 12.3 Å². The molecule has 116 valence electrons. The van der Waals surface area contributed by atoms with Gasteiger partial charge in [0.15, 0.2) is 5.16 Å². The molecule has 1 aromatic rings. The Balaban J connectivity index is 1.65. The molecule has 21 heavy (non-hydrogen) atoms. The highest BCUT2D eigenvalue weighted by atomic mass is 32.2. The Kier molecular flexibility index (Phi) is 3.55. The number of aryl methyl sites for hydroxylation is 1. The highest BCUT2D eigenvalue weighted by Gasteiger charge is 2.50. The minimum atomic E-state index is 0.245. The zero-order chi connectivity index (χ0) is 15.3. The van der Waals surface area contributed by atoms with Crippen LogP contribution in [0.1, 0.15) is 40.0 Å². The quantitative estimate of drug-likeness (QED) is 0.804. The van der Waals surface area contributed by atoms with Crippen molar-refractivity contribution in [1.82, 2.24) is 19.7 Å². The number of fused-ring (bicyclic) bond motifs is 2. The summed E-state index contributed by atoms with van der Waals surface area (Å²) in [4.78, 5) is 14.7. The summed E-state index contributed by atoms with van der Waals surface area (Å²) in [5, 5.41) is 8.67. The van der Waals surface area contributed by atoms with Crippen LogP contribution in [0.25, 0.3) is 0 Å². The minimum absolute atomic E-state index is 0.245. The van der Waals surface area contributed by atoms with Crippen molar-refractivity contribution >= 4 is 17.7 Å². The van der Waals surface area contributed by atoms with Crippen LogP contribution < -0.4 is 0 Å². The van der Waals surface area contributed by atoms with E-state index >= 15 is 0 Å². The Labute approximate surface area is 130 Å². The zero-order valence-electron chi connectivity index (χ0n) is 13.3. The van der Waals surface area contributed by atoms with E-state index < -0.39 is 0 Å². The molecule has 1 aliphatic carbocycles. The molecule has 5 nitrogen and oxygen atoms in total. The average molecular weight is 308 g/mol. The van der Waals surface area contributed by atoms with Crippen molar-refractivity contribution < 1.29 is 4.79 Å². The highest BCUT2D eigenvalue weighted by Crippen LogP contribution is 2.52. The second-order valence-electron chi connectivity index (χ2n) is 7.75. The van der Waals surface area contributed by atoms with Gasteiger partial charge in [0.05, 0.1) is 5.75 Å². The van der Waals surface area contributed by atoms with Crippen molar-refractivity contribution in [2.24, 2.45) is 17.9 Å². The van der Waals surface area contributed by atoms with E-state index in [2.05, 4.69) is 35.9 Å². The summed E-state index contributed by atoms with van der Waals surface area (Å²) in [6.45, 7) is 7.92. The smallest absolute Gasteiger partial charge is 0.233 e. The van der Waals surface area contributed by atoms with Gasteiger partial charge in [-0.2, -0.15) is 0 Å². The van der Waals surface area contributed by atoms with Gasteiger partial charge < -0.3 is 9.47 Å². The van der Waals surface area contributed by atoms with E-state index in [1.165, 1.54) is 18.2 Å². The summed E-state index contributed by atoms with van der Waals surface area (Å²) >= 11 is 1.48. The monoisotopic (exact) mass is 308 g/mol. The van der Waals surface area contributed by atoms with Crippen LogP contribution in [0.3, 0.4) is 0 Å². The van der Waals surface area contributed by atoms with Gasteiger partial charge in [-0.05, 0) is 30.1 Å². The van der Waals surface area contributed by atoms with E-state index in [1.54, 1.807) is 6.33 Å². The first-order valence-corrected chi connectivity index (χ1v) is 8.53. The fraction of sp³-hybridized carbons (Fsp3) is 0.800. The third kappa shape index (κ3) is 2.96. The van der Waals surface area contributed by atoms with Crippen molar-refractivity contribution in [2.45, 2.75) is 51.2 Å². The molecule has 0 spiro atoms. The predicted molar refractivity (Wildman–Crippen MR) is 83.0 cm³/mol. The summed E-state index contributed by atoms with van der Waals surface area (Å²) < 4.78 is 1.85. The number of thioether (sulfide) groups is 1. The molecule has 1 saturated heterocycles. The van der Waals surface area contributed by atoms with Gasteiger partial charge >= 0.3 is 0 Å². The number of aromatic nitrogens is 3. The first kappa shape index (κ1) is 14.9. The lowest BCUT2D eigenvalue weighted by Gasteiger charge is -2.39. The SMILES string of the molecule is Cn1cnnc1SCC(=O)N1C[C@@]2(C)C[C@@H]1CC(C)(C)C2. The van der Waals surface area contributed by atoms with E-state index in [9.17, 15) is 4.79 Å². The largest absolute Gasteiger partial charge is 0.338 e. The van der Waals surface area contributed by atoms with Gasteiger partial charge in [0, 0.05) is 19.6 Å². The average Bonchev–Trinajstić information content (AvgIpc) is 2.86. The van der Waals surface area contributed by atoms with Gasteiger partial charge in [-0.1, -0.05) is 32.5 Å². The van der Waals surface area contributed by atoms with Gasteiger partial charge in [0.1, 0.15) is 6.33 Å². The van der Waals surface area contributed by atoms with Crippen molar-refractivity contribution in [3.63, 3.8) is 0 Å². The Morgan fingerprint density at radius 2 is 2.19 bits per heavy atom. The highest BCUT2D eigenvalue weighted by molar-refractivity contribution is 7.99. The van der Waals surface area contributed by atoms with Gasteiger partial charge in [-0.3, -0.25) is 4.79 Å². The zero-order valence-corrected chi connectivity index (χ0v) is 14.1. The van der Waals surface area contributed by atoms with Crippen molar-refractivity contribution in [3.05, 3.63) is 6.33 Å². The fourth-order valence-electron chi connectivity index (χ4n) is 4.36. The molecule has 2 heterocycles. The molecule has 0 unspecified atom stereocenters. The Morgan fingerprint density at radius 1 is 1.43 bits per heavy atom. The van der Waals surface area contributed by atoms with E-state index in [0.29, 0.717) is 22.6 Å². The molecule has 0 aromatic carbocycles. The third-order valence-electron chi connectivity index (χ3n) is 4.73. The van der Waals surface area contributed by atoms with E-state index in [-0.39, 0.29) is 5.91 Å². The molecule has 1 saturated carbocycles. The molecule has 0 radical (unpaired) electrons. The first-order valence-electron chi connectivity index (χ1n) is 7.54. The molecular weight excluding hydrogens is 284 g/mol. The minimum Gasteiger partial charge on any atom is -0.338 e. The predicted octanol–water partition coefficient (Wildman–Crippen LogP) is 2.33. The molecule has 2 bridgehead atoms. The van der Waals surface area contributed by atoms with Crippen LogP contribution >= 0.6 is 11.8 Å². The maximum atomic E-state index is 12.6. The Hall–Kier alpha value is -1.04. The molecule has 1 aromatic heterocycles. The van der Waals surface area contributed by atoms with Gasteiger partial charge in [0.2, 0.25) is 5.91 Å². The molecule has 2 aliphatic rings. The molecule has 2 atom stereocenters. The molecular formula is C15H24N4OS. The van der Waals surface area contributed by atoms with E-state index in [4.69, 9.17) is 0 Å². The molecule has 1 aliphatic heterocycles. The molecule has 6 heteroatoms.